The summed E-state index contributed by atoms with van der Waals surface area (Å²) in [6, 6.07) is 9.09. The summed E-state index contributed by atoms with van der Waals surface area (Å²) in [4.78, 5) is 14.0. The first-order chi connectivity index (χ1) is 9.08. The highest BCUT2D eigenvalue weighted by Crippen LogP contribution is 2.25. The van der Waals surface area contributed by atoms with Crippen LogP contribution in [0.2, 0.25) is 0 Å². The lowest BCUT2D eigenvalue weighted by molar-refractivity contribution is -0.126. The molecule has 1 aromatic rings. The van der Waals surface area contributed by atoms with E-state index < -0.39 is 5.54 Å². The van der Waals surface area contributed by atoms with Crippen LogP contribution in [0.5, 0.6) is 0 Å². The van der Waals surface area contributed by atoms with Gasteiger partial charge >= 0.3 is 0 Å². The maximum Gasteiger partial charge on any atom is 0.247 e. The van der Waals surface area contributed by atoms with E-state index in [1.54, 1.807) is 31.3 Å². The van der Waals surface area contributed by atoms with E-state index in [-0.39, 0.29) is 5.91 Å². The van der Waals surface area contributed by atoms with Crippen molar-refractivity contribution >= 4 is 11.6 Å². The van der Waals surface area contributed by atoms with Crippen LogP contribution in [0.15, 0.2) is 24.3 Å². The number of amides is 1. The van der Waals surface area contributed by atoms with Crippen molar-refractivity contribution in [3.05, 3.63) is 29.8 Å². The number of carbonyl (C=O) groups excluding carboxylic acids is 1. The Morgan fingerprint density at radius 2 is 2.05 bits per heavy atom. The molecule has 5 nitrogen and oxygen atoms in total. The minimum Gasteiger partial charge on any atom is -0.381 e. The number of likely N-dealkylation sites (N-methyl/N-ethyl adjacent to an activating group) is 1. The molecule has 1 aliphatic rings. The molecule has 100 valence electrons. The standard InChI is InChI=1S/C14H17N3O2/c1-17(12-5-3-2-4-11(12)10-15)13(18)14(16)6-8-19-9-7-14/h2-5H,6-9,16H2,1H3. The number of rotatable bonds is 2. The van der Waals surface area contributed by atoms with Crippen LogP contribution < -0.4 is 10.6 Å². The van der Waals surface area contributed by atoms with Crippen LogP contribution >= 0.6 is 0 Å². The monoisotopic (exact) mass is 259 g/mol. The van der Waals surface area contributed by atoms with Gasteiger partial charge in [-0.15, -0.1) is 0 Å². The summed E-state index contributed by atoms with van der Waals surface area (Å²) in [6.07, 6.45) is 1.01. The van der Waals surface area contributed by atoms with Gasteiger partial charge in [0.2, 0.25) is 5.91 Å². The topological polar surface area (TPSA) is 79.3 Å². The highest BCUT2D eigenvalue weighted by Gasteiger charge is 2.38. The molecule has 0 unspecified atom stereocenters. The summed E-state index contributed by atoms with van der Waals surface area (Å²) >= 11 is 0. The normalized spacial score (nSPS) is 17.5. The fourth-order valence-electron chi connectivity index (χ4n) is 2.25. The fourth-order valence-corrected chi connectivity index (χ4v) is 2.25. The number of nitrogens with zero attached hydrogens (tertiary/aromatic N) is 2. The number of nitriles is 1. The Labute approximate surface area is 112 Å². The van der Waals surface area contributed by atoms with Crippen molar-refractivity contribution in [2.24, 2.45) is 5.73 Å². The molecular formula is C14H17N3O2. The molecule has 0 bridgehead atoms. The second-order valence-corrected chi connectivity index (χ2v) is 4.76. The number of ether oxygens (including phenoxy) is 1. The van der Waals surface area contributed by atoms with E-state index in [4.69, 9.17) is 15.7 Å². The molecule has 19 heavy (non-hydrogen) atoms. The first kappa shape index (κ1) is 13.5. The fraction of sp³-hybridized carbons (Fsp3) is 0.429. The van der Waals surface area contributed by atoms with Gasteiger partial charge in [0, 0.05) is 20.3 Å². The van der Waals surface area contributed by atoms with Gasteiger partial charge in [0.05, 0.1) is 11.3 Å². The summed E-state index contributed by atoms with van der Waals surface area (Å²) < 4.78 is 5.24. The van der Waals surface area contributed by atoms with Crippen molar-refractivity contribution in [1.82, 2.24) is 0 Å². The molecule has 1 saturated heterocycles. The van der Waals surface area contributed by atoms with Gasteiger partial charge in [-0.25, -0.2) is 0 Å². The van der Waals surface area contributed by atoms with E-state index in [0.29, 0.717) is 37.3 Å². The number of para-hydroxylation sites is 1. The molecule has 1 aliphatic heterocycles. The minimum absolute atomic E-state index is 0.168. The SMILES string of the molecule is CN(C(=O)C1(N)CCOCC1)c1ccccc1C#N. The lowest BCUT2D eigenvalue weighted by Crippen LogP contribution is -2.57. The van der Waals surface area contributed by atoms with E-state index in [1.807, 2.05) is 0 Å². The van der Waals surface area contributed by atoms with Gasteiger partial charge < -0.3 is 15.4 Å². The first-order valence-corrected chi connectivity index (χ1v) is 6.22. The third kappa shape index (κ3) is 2.60. The van der Waals surface area contributed by atoms with Gasteiger partial charge in [-0.3, -0.25) is 4.79 Å². The lowest BCUT2D eigenvalue weighted by Gasteiger charge is -2.35. The second kappa shape index (κ2) is 5.39. The zero-order valence-electron chi connectivity index (χ0n) is 10.9. The van der Waals surface area contributed by atoms with Gasteiger partial charge in [0.25, 0.3) is 0 Å². The van der Waals surface area contributed by atoms with Crippen LogP contribution in [-0.4, -0.2) is 31.7 Å². The van der Waals surface area contributed by atoms with Gasteiger partial charge in [0.15, 0.2) is 0 Å². The molecule has 1 aromatic carbocycles. The van der Waals surface area contributed by atoms with Gasteiger partial charge in [-0.1, -0.05) is 12.1 Å². The second-order valence-electron chi connectivity index (χ2n) is 4.76. The van der Waals surface area contributed by atoms with E-state index in [9.17, 15) is 4.79 Å². The highest BCUT2D eigenvalue weighted by atomic mass is 16.5. The predicted molar refractivity (Wildman–Crippen MR) is 71.5 cm³/mol. The summed E-state index contributed by atoms with van der Waals surface area (Å²) in [5.41, 5.74) is 6.34. The summed E-state index contributed by atoms with van der Waals surface area (Å²) in [5.74, 6) is -0.168. The summed E-state index contributed by atoms with van der Waals surface area (Å²) in [7, 11) is 1.66. The highest BCUT2D eigenvalue weighted by molar-refractivity contribution is 6.00. The Hall–Kier alpha value is -1.90. The smallest absolute Gasteiger partial charge is 0.247 e. The van der Waals surface area contributed by atoms with Crippen molar-refractivity contribution in [2.45, 2.75) is 18.4 Å². The number of nitrogens with two attached hydrogens (primary N) is 1. The maximum absolute atomic E-state index is 12.5. The van der Waals surface area contributed by atoms with Gasteiger partial charge in [-0.2, -0.15) is 5.26 Å². The van der Waals surface area contributed by atoms with Gasteiger partial charge in [-0.05, 0) is 25.0 Å². The Kier molecular flexibility index (Phi) is 3.84. The van der Waals surface area contributed by atoms with E-state index in [1.165, 1.54) is 4.90 Å². The molecule has 0 radical (unpaired) electrons. The maximum atomic E-state index is 12.5. The van der Waals surface area contributed by atoms with Crippen molar-refractivity contribution in [3.63, 3.8) is 0 Å². The average molecular weight is 259 g/mol. The molecular weight excluding hydrogens is 242 g/mol. The van der Waals surface area contributed by atoms with Crippen LogP contribution in [0.3, 0.4) is 0 Å². The third-order valence-corrected chi connectivity index (χ3v) is 3.50. The molecule has 0 atom stereocenters. The zero-order valence-corrected chi connectivity index (χ0v) is 10.9. The van der Waals surface area contributed by atoms with Crippen molar-refractivity contribution in [1.29, 1.82) is 5.26 Å². The van der Waals surface area contributed by atoms with Crippen molar-refractivity contribution in [3.8, 4) is 6.07 Å². The van der Waals surface area contributed by atoms with Crippen LogP contribution in [0.25, 0.3) is 0 Å². The molecule has 0 saturated carbocycles. The zero-order chi connectivity index (χ0) is 13.9. The third-order valence-electron chi connectivity index (χ3n) is 3.50. The largest absolute Gasteiger partial charge is 0.381 e. The van der Waals surface area contributed by atoms with Crippen molar-refractivity contribution in [2.75, 3.05) is 25.2 Å². The number of carbonyl (C=O) groups is 1. The molecule has 0 aromatic heterocycles. The predicted octanol–water partition coefficient (Wildman–Crippen LogP) is 1.03. The average Bonchev–Trinajstić information content (AvgIpc) is 2.46. The number of anilines is 1. The number of benzene rings is 1. The molecule has 5 heteroatoms. The van der Waals surface area contributed by atoms with Gasteiger partial charge in [0.1, 0.15) is 11.6 Å². The molecule has 2 rings (SSSR count). The number of hydrogen-bond donors (Lipinski definition) is 1. The molecule has 1 heterocycles. The molecule has 0 aliphatic carbocycles. The van der Waals surface area contributed by atoms with E-state index in [0.717, 1.165) is 0 Å². The Balaban J connectivity index is 2.26. The van der Waals surface area contributed by atoms with Crippen molar-refractivity contribution < 1.29 is 9.53 Å². The molecule has 2 N–H and O–H groups in total. The van der Waals surface area contributed by atoms with E-state index >= 15 is 0 Å². The first-order valence-electron chi connectivity index (χ1n) is 6.22. The minimum atomic E-state index is -0.893. The van der Waals surface area contributed by atoms with Crippen LogP contribution in [0.4, 0.5) is 5.69 Å². The van der Waals surface area contributed by atoms with Crippen LogP contribution in [0.1, 0.15) is 18.4 Å². The summed E-state index contributed by atoms with van der Waals surface area (Å²) in [6.45, 7) is 0.992. The molecule has 1 amide bonds. The Bertz CT molecular complexity index is 516. The number of hydrogen-bond acceptors (Lipinski definition) is 4. The Morgan fingerprint density at radius 1 is 1.42 bits per heavy atom. The van der Waals surface area contributed by atoms with E-state index in [2.05, 4.69) is 6.07 Å². The quantitative estimate of drug-likeness (QED) is 0.860. The van der Waals surface area contributed by atoms with Crippen LogP contribution in [0, 0.1) is 11.3 Å². The lowest BCUT2D eigenvalue weighted by atomic mass is 9.89. The summed E-state index contributed by atoms with van der Waals surface area (Å²) in [5, 5.41) is 9.08. The Morgan fingerprint density at radius 3 is 2.68 bits per heavy atom. The molecule has 0 spiro atoms. The van der Waals surface area contributed by atoms with Crippen LogP contribution in [-0.2, 0) is 9.53 Å². The molecule has 1 fully saturated rings.